The second-order valence-corrected chi connectivity index (χ2v) is 4.80. The largest absolute Gasteiger partial charge is 0.356 e. The summed E-state index contributed by atoms with van der Waals surface area (Å²) >= 11 is 12.0. The monoisotopic (exact) mass is 290 g/mol. The lowest BCUT2D eigenvalue weighted by molar-refractivity contribution is 0.714. The van der Waals surface area contributed by atoms with Crippen molar-refractivity contribution in [2.24, 2.45) is 12.0 Å². The molecule has 0 unspecified atom stereocenters. The van der Waals surface area contributed by atoms with Crippen LogP contribution in [0.25, 0.3) is 0 Å². The third kappa shape index (κ3) is 4.10. The van der Waals surface area contributed by atoms with Gasteiger partial charge in [0.25, 0.3) is 0 Å². The van der Waals surface area contributed by atoms with Gasteiger partial charge in [0.1, 0.15) is 5.15 Å². The van der Waals surface area contributed by atoms with Gasteiger partial charge in [-0.2, -0.15) is 0 Å². The summed E-state index contributed by atoms with van der Waals surface area (Å²) in [5, 5.41) is 7.60. The fourth-order valence-corrected chi connectivity index (χ4v) is 1.95. The number of nitrogens with zero attached hydrogens (tertiary/aromatic N) is 2. The van der Waals surface area contributed by atoms with E-state index in [2.05, 4.69) is 22.5 Å². The normalized spacial score (nSPS) is 11.7. The van der Waals surface area contributed by atoms with Crippen molar-refractivity contribution in [3.05, 3.63) is 21.9 Å². The number of hydrogen-bond donors (Lipinski definition) is 2. The van der Waals surface area contributed by atoms with E-state index in [0.717, 1.165) is 31.0 Å². The van der Waals surface area contributed by atoms with E-state index in [1.54, 1.807) is 7.05 Å². The summed E-state index contributed by atoms with van der Waals surface area (Å²) in [6.07, 6.45) is 2.29. The number of halogens is 2. The molecule has 18 heavy (non-hydrogen) atoms. The van der Waals surface area contributed by atoms with E-state index in [0.29, 0.717) is 16.7 Å². The predicted octanol–water partition coefficient (Wildman–Crippen LogP) is 2.80. The van der Waals surface area contributed by atoms with E-state index in [1.807, 2.05) is 17.7 Å². The van der Waals surface area contributed by atoms with E-state index in [9.17, 15) is 0 Å². The van der Waals surface area contributed by atoms with Gasteiger partial charge in [-0.25, -0.2) is 0 Å². The Hall–Kier alpha value is -0.870. The Balaban J connectivity index is 2.50. The van der Waals surface area contributed by atoms with Crippen molar-refractivity contribution < 1.29 is 0 Å². The van der Waals surface area contributed by atoms with E-state index in [-0.39, 0.29) is 0 Å². The number of guanidine groups is 1. The smallest absolute Gasteiger partial charge is 0.191 e. The molecule has 102 valence electrons. The Labute approximate surface area is 118 Å². The van der Waals surface area contributed by atoms with E-state index < -0.39 is 0 Å². The molecule has 0 aliphatic rings. The van der Waals surface area contributed by atoms with Crippen LogP contribution in [0.3, 0.4) is 0 Å². The minimum atomic E-state index is 0.558. The van der Waals surface area contributed by atoms with Crippen LogP contribution in [0, 0.1) is 0 Å². The molecule has 1 rings (SSSR count). The van der Waals surface area contributed by atoms with Crippen LogP contribution in [-0.2, 0) is 13.6 Å². The highest BCUT2D eigenvalue weighted by atomic mass is 35.5. The van der Waals surface area contributed by atoms with Crippen LogP contribution in [0.4, 0.5) is 0 Å². The molecule has 4 nitrogen and oxygen atoms in total. The number of nitrogens with one attached hydrogen (secondary N) is 2. The lowest BCUT2D eigenvalue weighted by atomic mass is 10.3. The standard InChI is InChI=1S/C12H20Cl2N4/c1-4-5-6-16-12(15-2)17-8-9-7-10(13)11(14)18(9)3/h7H,4-6,8H2,1-3H3,(H2,15,16,17). The third-order valence-corrected chi connectivity index (χ3v) is 3.54. The zero-order chi connectivity index (χ0) is 13.5. The van der Waals surface area contributed by atoms with Gasteiger partial charge in [0, 0.05) is 26.3 Å². The highest BCUT2D eigenvalue weighted by Gasteiger charge is 2.08. The third-order valence-electron chi connectivity index (χ3n) is 2.70. The summed E-state index contributed by atoms with van der Waals surface area (Å²) in [4.78, 5) is 4.15. The van der Waals surface area contributed by atoms with Crippen molar-refractivity contribution in [3.8, 4) is 0 Å². The van der Waals surface area contributed by atoms with Crippen molar-refractivity contribution >= 4 is 29.2 Å². The molecule has 1 heterocycles. The van der Waals surface area contributed by atoms with Gasteiger partial charge in [-0.1, -0.05) is 36.5 Å². The topological polar surface area (TPSA) is 41.4 Å². The SMILES string of the molecule is CCCCNC(=NC)NCc1cc(Cl)c(Cl)n1C. The molecule has 0 atom stereocenters. The summed E-state index contributed by atoms with van der Waals surface area (Å²) in [6, 6.07) is 1.86. The highest BCUT2D eigenvalue weighted by molar-refractivity contribution is 6.41. The Morgan fingerprint density at radius 3 is 2.61 bits per heavy atom. The van der Waals surface area contributed by atoms with Gasteiger partial charge in [-0.05, 0) is 12.5 Å². The Kier molecular flexibility index (Phi) is 6.36. The Bertz CT molecular complexity index is 412. The zero-order valence-electron chi connectivity index (χ0n) is 11.1. The molecule has 0 amide bonds. The van der Waals surface area contributed by atoms with E-state index >= 15 is 0 Å². The van der Waals surface area contributed by atoms with Crippen LogP contribution >= 0.6 is 23.2 Å². The molecule has 0 bridgehead atoms. The van der Waals surface area contributed by atoms with Crippen LogP contribution in [-0.4, -0.2) is 24.1 Å². The van der Waals surface area contributed by atoms with Crippen molar-refractivity contribution in [2.75, 3.05) is 13.6 Å². The van der Waals surface area contributed by atoms with E-state index in [4.69, 9.17) is 23.2 Å². The van der Waals surface area contributed by atoms with Crippen molar-refractivity contribution in [1.29, 1.82) is 0 Å². The maximum absolute atomic E-state index is 6.01. The number of aliphatic imine (C=N–C) groups is 1. The molecule has 0 saturated heterocycles. The molecule has 1 aromatic heterocycles. The molecule has 2 N–H and O–H groups in total. The van der Waals surface area contributed by atoms with Crippen LogP contribution in [0.1, 0.15) is 25.5 Å². The molecule has 0 aromatic carbocycles. The second-order valence-electron chi connectivity index (χ2n) is 4.04. The molecule has 0 aliphatic carbocycles. The summed E-state index contributed by atoms with van der Waals surface area (Å²) in [5.74, 6) is 0.789. The van der Waals surface area contributed by atoms with Gasteiger partial charge in [-0.3, -0.25) is 4.99 Å². The Morgan fingerprint density at radius 2 is 2.11 bits per heavy atom. The first-order valence-corrected chi connectivity index (χ1v) is 6.79. The van der Waals surface area contributed by atoms with Gasteiger partial charge in [0.15, 0.2) is 5.96 Å². The maximum Gasteiger partial charge on any atom is 0.191 e. The lowest BCUT2D eigenvalue weighted by Gasteiger charge is -2.12. The predicted molar refractivity (Wildman–Crippen MR) is 78.5 cm³/mol. The van der Waals surface area contributed by atoms with Gasteiger partial charge in [0.05, 0.1) is 11.6 Å². The maximum atomic E-state index is 6.01. The molecule has 0 aliphatic heterocycles. The fourth-order valence-electron chi connectivity index (χ4n) is 1.54. The number of rotatable bonds is 5. The fraction of sp³-hybridized carbons (Fsp3) is 0.583. The van der Waals surface area contributed by atoms with Crippen molar-refractivity contribution in [1.82, 2.24) is 15.2 Å². The van der Waals surface area contributed by atoms with Gasteiger partial charge in [0.2, 0.25) is 0 Å². The van der Waals surface area contributed by atoms with Crippen LogP contribution in [0.15, 0.2) is 11.1 Å². The zero-order valence-corrected chi connectivity index (χ0v) is 12.6. The van der Waals surface area contributed by atoms with Gasteiger partial charge < -0.3 is 15.2 Å². The summed E-state index contributed by atoms with van der Waals surface area (Å²) in [7, 11) is 3.64. The Morgan fingerprint density at radius 1 is 1.39 bits per heavy atom. The first-order valence-electron chi connectivity index (χ1n) is 6.04. The molecule has 0 fully saturated rings. The van der Waals surface area contributed by atoms with Gasteiger partial charge >= 0.3 is 0 Å². The summed E-state index contributed by atoms with van der Waals surface area (Å²) < 4.78 is 1.86. The molecule has 6 heteroatoms. The molecular weight excluding hydrogens is 271 g/mol. The first-order chi connectivity index (χ1) is 8.60. The second kappa shape index (κ2) is 7.54. The molecule has 1 aromatic rings. The molecule has 0 spiro atoms. The van der Waals surface area contributed by atoms with Crippen molar-refractivity contribution in [3.63, 3.8) is 0 Å². The summed E-state index contributed by atoms with van der Waals surface area (Å²) in [6.45, 7) is 3.71. The van der Waals surface area contributed by atoms with E-state index in [1.165, 1.54) is 0 Å². The molecule has 0 radical (unpaired) electrons. The molecule has 0 saturated carbocycles. The van der Waals surface area contributed by atoms with Crippen LogP contribution < -0.4 is 10.6 Å². The first kappa shape index (κ1) is 15.2. The number of hydrogen-bond acceptors (Lipinski definition) is 1. The quantitative estimate of drug-likeness (QED) is 0.497. The van der Waals surface area contributed by atoms with Crippen LogP contribution in [0.2, 0.25) is 10.2 Å². The number of aromatic nitrogens is 1. The lowest BCUT2D eigenvalue weighted by Crippen LogP contribution is -2.37. The summed E-state index contributed by atoms with van der Waals surface area (Å²) in [5.41, 5.74) is 1.02. The van der Waals surface area contributed by atoms with Gasteiger partial charge in [-0.15, -0.1) is 0 Å². The number of unbranched alkanes of at least 4 members (excludes halogenated alkanes) is 1. The van der Waals surface area contributed by atoms with Crippen molar-refractivity contribution in [2.45, 2.75) is 26.3 Å². The average Bonchev–Trinajstić information content (AvgIpc) is 2.61. The minimum Gasteiger partial charge on any atom is -0.356 e. The van der Waals surface area contributed by atoms with Crippen LogP contribution in [0.5, 0.6) is 0 Å². The minimum absolute atomic E-state index is 0.558. The highest BCUT2D eigenvalue weighted by Crippen LogP contribution is 2.24. The molecular formula is C12H20Cl2N4. The average molecular weight is 291 g/mol.